The van der Waals surface area contributed by atoms with E-state index in [2.05, 4.69) is 13.6 Å². The van der Waals surface area contributed by atoms with Crippen LogP contribution in [0, 0.1) is 0 Å². The zero-order chi connectivity index (χ0) is 30.3. The highest BCUT2D eigenvalue weighted by atomic mass is 32.1. The van der Waals surface area contributed by atoms with Crippen LogP contribution in [0.3, 0.4) is 0 Å². The number of hydrogen-bond acceptors (Lipinski definition) is 11. The molecule has 2 heterocycles. The van der Waals surface area contributed by atoms with E-state index in [9.17, 15) is 14.4 Å². The minimum Gasteiger partial charge on any atom is -0.472 e. The van der Waals surface area contributed by atoms with Gasteiger partial charge in [-0.1, -0.05) is 13.8 Å². The summed E-state index contributed by atoms with van der Waals surface area (Å²) in [4.78, 5) is 42.4. The van der Waals surface area contributed by atoms with Gasteiger partial charge in [0, 0.05) is 25.6 Å². The number of ether oxygens (including phenoxy) is 4. The van der Waals surface area contributed by atoms with E-state index in [0.717, 1.165) is 11.7 Å². The van der Waals surface area contributed by atoms with Crippen molar-refractivity contribution in [2.45, 2.75) is 111 Å². The maximum absolute atomic E-state index is 13.7. The Balaban J connectivity index is 2.31. The topological polar surface area (TPSA) is 120 Å². The Morgan fingerprint density at radius 3 is 2.10 bits per heavy atom. The molecule has 12 heteroatoms. The largest absolute Gasteiger partial charge is 0.472 e. The lowest BCUT2D eigenvalue weighted by atomic mass is 9.92. The number of carbonyl (C=O) groups is 3. The van der Waals surface area contributed by atoms with E-state index < -0.39 is 28.9 Å². The van der Waals surface area contributed by atoms with E-state index in [1.807, 2.05) is 34.6 Å². The third-order valence-corrected chi connectivity index (χ3v) is 8.09. The summed E-state index contributed by atoms with van der Waals surface area (Å²) in [6.45, 7) is 20.4. The highest BCUT2D eigenvalue weighted by Crippen LogP contribution is 2.30. The fourth-order valence-corrected chi connectivity index (χ4v) is 5.10. The third kappa shape index (κ3) is 8.67. The van der Waals surface area contributed by atoms with Gasteiger partial charge < -0.3 is 28.7 Å². The van der Waals surface area contributed by atoms with Crippen molar-refractivity contribution < 1.29 is 33.3 Å². The number of ketones is 2. The predicted octanol–water partition coefficient (Wildman–Crippen LogP) is 3.69. The van der Waals surface area contributed by atoms with E-state index in [-0.39, 0.29) is 30.6 Å². The summed E-state index contributed by atoms with van der Waals surface area (Å²) < 4.78 is 32.9. The molecule has 1 aliphatic heterocycles. The maximum atomic E-state index is 13.7. The molecule has 3 unspecified atom stereocenters. The number of aromatic nitrogens is 2. The first-order chi connectivity index (χ1) is 18.6. The molecule has 0 bridgehead atoms. The summed E-state index contributed by atoms with van der Waals surface area (Å²) in [7, 11) is 0. The van der Waals surface area contributed by atoms with E-state index in [1.165, 1.54) is 13.8 Å². The fraction of sp³-hybridized carbons (Fsp3) is 0.821. The van der Waals surface area contributed by atoms with Gasteiger partial charge in [-0.05, 0) is 61.3 Å². The van der Waals surface area contributed by atoms with E-state index in [4.69, 9.17) is 18.9 Å². The second-order valence-electron chi connectivity index (χ2n) is 11.7. The molecule has 2 rings (SSSR count). The number of morpholine rings is 1. The lowest BCUT2D eigenvalue weighted by molar-refractivity contribution is -0.178. The Labute approximate surface area is 243 Å². The van der Waals surface area contributed by atoms with Crippen LogP contribution in [-0.4, -0.2) is 99.5 Å². The van der Waals surface area contributed by atoms with Gasteiger partial charge in [-0.3, -0.25) is 14.4 Å². The zero-order valence-corrected chi connectivity index (χ0v) is 26.7. The summed E-state index contributed by atoms with van der Waals surface area (Å²) in [5.41, 5.74) is -2.81. The van der Waals surface area contributed by atoms with Crippen molar-refractivity contribution in [3.63, 3.8) is 0 Å². The average molecular weight is 585 g/mol. The van der Waals surface area contributed by atoms with Crippen LogP contribution in [0.2, 0.25) is 0 Å². The maximum Gasteiger partial charge on any atom is 0.270 e. The minimum absolute atomic E-state index is 0.0425. The molecule has 1 aromatic rings. The normalized spacial score (nSPS) is 18.8. The highest BCUT2D eigenvalue weighted by molar-refractivity contribution is 6.99. The molecule has 1 saturated heterocycles. The number of rotatable bonds is 15. The predicted molar refractivity (Wildman–Crippen MR) is 154 cm³/mol. The lowest BCUT2D eigenvalue weighted by Crippen LogP contribution is -2.54. The lowest BCUT2D eigenvalue weighted by Gasteiger charge is -2.40. The van der Waals surface area contributed by atoms with Crippen molar-refractivity contribution >= 4 is 35.0 Å². The average Bonchev–Trinajstić information content (AvgIpc) is 3.37. The van der Waals surface area contributed by atoms with Gasteiger partial charge in [0.25, 0.3) is 5.88 Å². The van der Waals surface area contributed by atoms with Gasteiger partial charge in [0.1, 0.15) is 30.0 Å². The second kappa shape index (κ2) is 14.2. The number of Topliss-reactive ketones (excluding diaryl/α,β-unsaturated/α-hetero) is 2. The Morgan fingerprint density at radius 1 is 1.00 bits per heavy atom. The molecule has 0 aromatic carbocycles. The van der Waals surface area contributed by atoms with Crippen molar-refractivity contribution in [1.82, 2.24) is 13.6 Å². The first kappa shape index (κ1) is 34.1. The molecule has 0 N–H and O–H groups in total. The molecule has 4 atom stereocenters. The van der Waals surface area contributed by atoms with Crippen molar-refractivity contribution in [2.24, 2.45) is 0 Å². The van der Waals surface area contributed by atoms with Crippen LogP contribution in [0.15, 0.2) is 0 Å². The van der Waals surface area contributed by atoms with E-state index >= 15 is 0 Å². The monoisotopic (exact) mass is 584 g/mol. The fourth-order valence-electron chi connectivity index (χ4n) is 4.58. The first-order valence-electron chi connectivity index (χ1n) is 14.0. The Kier molecular flexibility index (Phi) is 12.0. The summed E-state index contributed by atoms with van der Waals surface area (Å²) in [6, 6.07) is 0. The van der Waals surface area contributed by atoms with Crippen molar-refractivity contribution in [1.29, 1.82) is 0 Å². The standard InChI is InChI=1S/C28H48N4O7S/c1-11-27(9,20(4)33)38-19(3)23(35)28(10,12-2)39-22(17-32(21(5)34)26(6,7)8)18-37-25-24(29-40-30-25)31-13-15-36-16-14-31/h19,22H,11-18H2,1-10H3/t19?,22-,27?,28?/m0/s1. The quantitative estimate of drug-likeness (QED) is 0.302. The smallest absolute Gasteiger partial charge is 0.270 e. The number of hydrogen-bond donors (Lipinski definition) is 0. The van der Waals surface area contributed by atoms with Crippen LogP contribution in [0.25, 0.3) is 0 Å². The van der Waals surface area contributed by atoms with E-state index in [1.54, 1.807) is 25.7 Å². The molecule has 1 fully saturated rings. The second-order valence-corrected chi connectivity index (χ2v) is 12.2. The molecule has 228 valence electrons. The van der Waals surface area contributed by atoms with Crippen LogP contribution < -0.4 is 9.64 Å². The molecule has 1 aliphatic rings. The summed E-state index contributed by atoms with van der Waals surface area (Å²) in [6.07, 6.45) is -0.769. The van der Waals surface area contributed by atoms with Crippen molar-refractivity contribution in [2.75, 3.05) is 44.4 Å². The van der Waals surface area contributed by atoms with E-state index in [0.29, 0.717) is 50.8 Å². The number of anilines is 1. The minimum atomic E-state index is -1.26. The summed E-state index contributed by atoms with van der Waals surface area (Å²) >= 11 is 1.06. The van der Waals surface area contributed by atoms with Gasteiger partial charge in [-0.25, -0.2) is 0 Å². The van der Waals surface area contributed by atoms with Crippen LogP contribution in [-0.2, 0) is 28.6 Å². The third-order valence-electron chi connectivity index (χ3n) is 7.58. The zero-order valence-electron chi connectivity index (χ0n) is 25.9. The van der Waals surface area contributed by atoms with Crippen molar-refractivity contribution in [3.8, 4) is 5.88 Å². The van der Waals surface area contributed by atoms with Crippen molar-refractivity contribution in [3.05, 3.63) is 0 Å². The molecular formula is C28H48N4O7S. The molecule has 11 nitrogen and oxygen atoms in total. The number of carbonyl (C=O) groups excluding carboxylic acids is 3. The molecule has 0 saturated carbocycles. The number of amides is 1. The Bertz CT molecular complexity index is 1010. The molecular weight excluding hydrogens is 536 g/mol. The van der Waals surface area contributed by atoms with Crippen LogP contribution in [0.1, 0.15) is 82.1 Å². The molecule has 0 spiro atoms. The van der Waals surface area contributed by atoms with Crippen LogP contribution in [0.5, 0.6) is 5.88 Å². The molecule has 1 aromatic heterocycles. The van der Waals surface area contributed by atoms with Gasteiger partial charge in [0.2, 0.25) is 11.7 Å². The van der Waals surface area contributed by atoms with Gasteiger partial charge in [-0.2, -0.15) is 4.37 Å². The molecule has 40 heavy (non-hydrogen) atoms. The molecule has 0 radical (unpaired) electrons. The number of nitrogens with zero attached hydrogens (tertiary/aromatic N) is 4. The van der Waals surface area contributed by atoms with Gasteiger partial charge in [0.15, 0.2) is 11.6 Å². The summed E-state index contributed by atoms with van der Waals surface area (Å²) in [5, 5.41) is 0. The SMILES string of the molecule is CCC(C)(OC(C)C(=O)C(C)(CC)O[C@H](COc1nsnc1N1CCOCC1)CN(C(C)=O)C(C)(C)C)C(C)=O. The summed E-state index contributed by atoms with van der Waals surface area (Å²) in [5.74, 6) is 0.482. The Morgan fingerprint density at radius 2 is 1.60 bits per heavy atom. The Hall–Kier alpha value is -2.15. The van der Waals surface area contributed by atoms with Crippen LogP contribution in [0.4, 0.5) is 5.82 Å². The highest BCUT2D eigenvalue weighted by Gasteiger charge is 2.43. The molecule has 1 amide bonds. The first-order valence-corrected chi connectivity index (χ1v) is 14.8. The van der Waals surface area contributed by atoms with Gasteiger partial charge >= 0.3 is 0 Å². The van der Waals surface area contributed by atoms with Gasteiger partial charge in [0.05, 0.1) is 31.5 Å². The van der Waals surface area contributed by atoms with Crippen LogP contribution >= 0.6 is 11.7 Å². The molecule has 0 aliphatic carbocycles. The van der Waals surface area contributed by atoms with Gasteiger partial charge in [-0.15, -0.1) is 4.37 Å².